The molecule has 5 heteroatoms. The number of rotatable bonds is 4. The molecule has 1 N–H and O–H groups in total. The number of nitrogens with zero attached hydrogens (tertiary/aromatic N) is 1. The third kappa shape index (κ3) is 3.79. The van der Waals surface area contributed by atoms with Gasteiger partial charge >= 0.3 is 0 Å². The second-order valence-electron chi connectivity index (χ2n) is 4.95. The molecule has 0 fully saturated rings. The number of hydrogen-bond donors (Lipinski definition) is 1. The SMILES string of the molecule is CC(=Cc1ccccc1)C(=O)Nc1cc([N+](=O)[O-])ccc1C. The van der Waals surface area contributed by atoms with Crippen LogP contribution in [0.1, 0.15) is 18.1 Å². The lowest BCUT2D eigenvalue weighted by atomic mass is 10.1. The first-order valence-corrected chi connectivity index (χ1v) is 6.77. The second-order valence-corrected chi connectivity index (χ2v) is 4.95. The minimum atomic E-state index is -0.484. The van der Waals surface area contributed by atoms with Crippen molar-refractivity contribution in [1.29, 1.82) is 0 Å². The molecule has 0 heterocycles. The lowest BCUT2D eigenvalue weighted by Crippen LogP contribution is -2.13. The molecule has 2 aromatic rings. The Morgan fingerprint density at radius 3 is 2.50 bits per heavy atom. The van der Waals surface area contributed by atoms with E-state index in [0.29, 0.717) is 11.3 Å². The number of nitro benzene ring substituents is 1. The van der Waals surface area contributed by atoms with E-state index in [0.717, 1.165) is 11.1 Å². The van der Waals surface area contributed by atoms with E-state index in [4.69, 9.17) is 0 Å². The maximum atomic E-state index is 12.2. The summed E-state index contributed by atoms with van der Waals surface area (Å²) in [6.07, 6.45) is 1.77. The highest BCUT2D eigenvalue weighted by atomic mass is 16.6. The molecule has 5 nitrogen and oxygen atoms in total. The average molecular weight is 296 g/mol. The Morgan fingerprint density at radius 1 is 1.18 bits per heavy atom. The normalized spacial score (nSPS) is 11.1. The molecule has 1 amide bonds. The van der Waals surface area contributed by atoms with Crippen LogP contribution in [-0.2, 0) is 4.79 Å². The third-order valence-corrected chi connectivity index (χ3v) is 3.22. The van der Waals surface area contributed by atoms with Crippen molar-refractivity contribution in [1.82, 2.24) is 0 Å². The number of nitrogens with one attached hydrogen (secondary N) is 1. The molecule has 22 heavy (non-hydrogen) atoms. The van der Waals surface area contributed by atoms with Crippen LogP contribution in [0.4, 0.5) is 11.4 Å². The van der Waals surface area contributed by atoms with Gasteiger partial charge in [-0.3, -0.25) is 14.9 Å². The Hall–Kier alpha value is -2.95. The van der Waals surface area contributed by atoms with Crippen LogP contribution in [0.5, 0.6) is 0 Å². The van der Waals surface area contributed by atoms with Crippen molar-refractivity contribution < 1.29 is 9.72 Å². The van der Waals surface area contributed by atoms with E-state index in [9.17, 15) is 14.9 Å². The summed E-state index contributed by atoms with van der Waals surface area (Å²) in [6, 6.07) is 13.9. The molecular formula is C17H16N2O3. The first kappa shape index (κ1) is 15.4. The maximum absolute atomic E-state index is 12.2. The summed E-state index contributed by atoms with van der Waals surface area (Å²) >= 11 is 0. The average Bonchev–Trinajstić information content (AvgIpc) is 2.50. The summed E-state index contributed by atoms with van der Waals surface area (Å²) in [7, 11) is 0. The van der Waals surface area contributed by atoms with Crippen molar-refractivity contribution in [2.45, 2.75) is 13.8 Å². The number of carbonyl (C=O) groups is 1. The van der Waals surface area contributed by atoms with Gasteiger partial charge in [0.1, 0.15) is 0 Å². The third-order valence-electron chi connectivity index (χ3n) is 3.22. The first-order valence-electron chi connectivity index (χ1n) is 6.77. The summed E-state index contributed by atoms with van der Waals surface area (Å²) in [5.74, 6) is -0.285. The molecule has 0 aliphatic carbocycles. The topological polar surface area (TPSA) is 72.2 Å². The number of hydrogen-bond acceptors (Lipinski definition) is 3. The van der Waals surface area contributed by atoms with Crippen molar-refractivity contribution in [3.8, 4) is 0 Å². The van der Waals surface area contributed by atoms with Gasteiger partial charge in [0.15, 0.2) is 0 Å². The van der Waals surface area contributed by atoms with Crippen molar-refractivity contribution in [3.63, 3.8) is 0 Å². The maximum Gasteiger partial charge on any atom is 0.271 e. The molecule has 0 saturated heterocycles. The van der Waals surface area contributed by atoms with Gasteiger partial charge in [0.25, 0.3) is 11.6 Å². The number of anilines is 1. The Kier molecular flexibility index (Phi) is 4.68. The largest absolute Gasteiger partial charge is 0.322 e. The summed E-state index contributed by atoms with van der Waals surface area (Å²) in [5, 5.41) is 13.5. The van der Waals surface area contributed by atoms with E-state index in [1.807, 2.05) is 30.3 Å². The molecule has 2 aromatic carbocycles. The van der Waals surface area contributed by atoms with Gasteiger partial charge in [-0.15, -0.1) is 0 Å². The highest BCUT2D eigenvalue weighted by Gasteiger charge is 2.12. The first-order chi connectivity index (χ1) is 10.5. The van der Waals surface area contributed by atoms with Gasteiger partial charge in [-0.05, 0) is 31.1 Å². The molecule has 0 atom stereocenters. The van der Waals surface area contributed by atoms with Gasteiger partial charge < -0.3 is 5.32 Å². The predicted octanol–water partition coefficient (Wildman–Crippen LogP) is 3.95. The standard InChI is InChI=1S/C17H16N2O3/c1-12-8-9-15(19(21)22)11-16(12)18-17(20)13(2)10-14-6-4-3-5-7-14/h3-11H,1-2H3,(H,18,20). The van der Waals surface area contributed by atoms with Crippen LogP contribution in [0.25, 0.3) is 6.08 Å². The Labute approximate surface area is 128 Å². The molecule has 0 aliphatic rings. The fraction of sp³-hybridized carbons (Fsp3) is 0.118. The number of non-ortho nitro benzene ring substituents is 1. The number of benzene rings is 2. The zero-order valence-electron chi connectivity index (χ0n) is 12.4. The second kappa shape index (κ2) is 6.67. The smallest absolute Gasteiger partial charge is 0.271 e. The molecule has 0 saturated carbocycles. The van der Waals surface area contributed by atoms with Gasteiger partial charge in [-0.2, -0.15) is 0 Å². The van der Waals surface area contributed by atoms with Crippen LogP contribution < -0.4 is 5.32 Å². The zero-order valence-corrected chi connectivity index (χ0v) is 12.4. The lowest BCUT2D eigenvalue weighted by molar-refractivity contribution is -0.384. The van der Waals surface area contributed by atoms with Gasteiger partial charge in [-0.1, -0.05) is 36.4 Å². The van der Waals surface area contributed by atoms with Crippen LogP contribution in [0, 0.1) is 17.0 Å². The Bertz CT molecular complexity index is 737. The number of aryl methyl sites for hydroxylation is 1. The minimum Gasteiger partial charge on any atom is -0.322 e. The molecule has 0 aliphatic heterocycles. The molecule has 0 spiro atoms. The number of amides is 1. The van der Waals surface area contributed by atoms with Crippen LogP contribution >= 0.6 is 0 Å². The fourth-order valence-corrected chi connectivity index (χ4v) is 1.94. The molecule has 2 rings (SSSR count). The van der Waals surface area contributed by atoms with Crippen molar-refractivity contribution in [2.75, 3.05) is 5.32 Å². The van der Waals surface area contributed by atoms with Gasteiger partial charge in [0.05, 0.1) is 10.6 Å². The Morgan fingerprint density at radius 2 is 1.86 bits per heavy atom. The van der Waals surface area contributed by atoms with Crippen LogP contribution in [0.2, 0.25) is 0 Å². The van der Waals surface area contributed by atoms with E-state index >= 15 is 0 Å². The zero-order chi connectivity index (χ0) is 16.1. The van der Waals surface area contributed by atoms with Crippen molar-refractivity contribution in [3.05, 3.63) is 75.3 Å². The van der Waals surface area contributed by atoms with E-state index in [1.165, 1.54) is 12.1 Å². The number of nitro groups is 1. The predicted molar refractivity (Wildman–Crippen MR) is 86.6 cm³/mol. The molecular weight excluding hydrogens is 280 g/mol. The monoisotopic (exact) mass is 296 g/mol. The molecule has 0 bridgehead atoms. The summed E-state index contributed by atoms with van der Waals surface area (Å²) in [5.41, 5.74) is 2.61. The molecule has 0 aromatic heterocycles. The summed E-state index contributed by atoms with van der Waals surface area (Å²) in [6.45, 7) is 3.49. The molecule has 0 radical (unpaired) electrons. The van der Waals surface area contributed by atoms with Crippen molar-refractivity contribution >= 4 is 23.4 Å². The van der Waals surface area contributed by atoms with E-state index in [1.54, 1.807) is 26.0 Å². The van der Waals surface area contributed by atoms with E-state index in [-0.39, 0.29) is 11.6 Å². The van der Waals surface area contributed by atoms with Crippen molar-refractivity contribution in [2.24, 2.45) is 0 Å². The van der Waals surface area contributed by atoms with Crippen LogP contribution in [0.3, 0.4) is 0 Å². The quantitative estimate of drug-likeness (QED) is 0.527. The molecule has 112 valence electrons. The van der Waals surface area contributed by atoms with Crippen LogP contribution in [-0.4, -0.2) is 10.8 Å². The van der Waals surface area contributed by atoms with Gasteiger partial charge in [0, 0.05) is 17.7 Å². The van der Waals surface area contributed by atoms with Gasteiger partial charge in [0.2, 0.25) is 0 Å². The van der Waals surface area contributed by atoms with Gasteiger partial charge in [-0.25, -0.2) is 0 Å². The number of carbonyl (C=O) groups excluding carboxylic acids is 1. The van der Waals surface area contributed by atoms with Crippen LogP contribution in [0.15, 0.2) is 54.1 Å². The lowest BCUT2D eigenvalue weighted by Gasteiger charge is -2.08. The summed E-state index contributed by atoms with van der Waals surface area (Å²) in [4.78, 5) is 22.5. The van der Waals surface area contributed by atoms with E-state index < -0.39 is 4.92 Å². The minimum absolute atomic E-state index is 0.0504. The highest BCUT2D eigenvalue weighted by Crippen LogP contribution is 2.22. The van der Waals surface area contributed by atoms with E-state index in [2.05, 4.69) is 5.32 Å². The molecule has 0 unspecified atom stereocenters. The summed E-state index contributed by atoms with van der Waals surface area (Å²) < 4.78 is 0. The fourth-order valence-electron chi connectivity index (χ4n) is 1.94. The highest BCUT2D eigenvalue weighted by molar-refractivity contribution is 6.06. The Balaban J connectivity index is 2.20.